The van der Waals surface area contributed by atoms with E-state index in [0.29, 0.717) is 6.54 Å². The highest BCUT2D eigenvalue weighted by molar-refractivity contribution is 7.12. The van der Waals surface area contributed by atoms with Crippen LogP contribution < -0.4 is 10.5 Å². The molecular weight excluding hydrogens is 254 g/mol. The van der Waals surface area contributed by atoms with Gasteiger partial charge in [0, 0.05) is 27.8 Å². The Hall–Kier alpha value is -1.32. The molecule has 1 atom stereocenters. The number of thiophene rings is 1. The summed E-state index contributed by atoms with van der Waals surface area (Å²) in [6, 6.07) is 8.64. The summed E-state index contributed by atoms with van der Waals surface area (Å²) >= 11 is 1.81. The van der Waals surface area contributed by atoms with Crippen molar-refractivity contribution >= 4 is 11.3 Å². The second-order valence-corrected chi connectivity index (χ2v) is 6.23. The third kappa shape index (κ3) is 2.82. The Morgan fingerprint density at radius 3 is 2.37 bits per heavy atom. The number of hydrogen-bond donors (Lipinski definition) is 1. The van der Waals surface area contributed by atoms with Crippen molar-refractivity contribution in [2.24, 2.45) is 5.73 Å². The molecular formula is C16H21NOS. The van der Waals surface area contributed by atoms with Gasteiger partial charge in [0.1, 0.15) is 5.75 Å². The van der Waals surface area contributed by atoms with E-state index in [4.69, 9.17) is 10.5 Å². The standard InChI is InChI=1S/C16H21NOS/c1-10-7-13(15(18-4)8-11(10)2)14(9-17)16-6-5-12(3)19-16/h5-8,14H,9,17H2,1-4H3. The van der Waals surface area contributed by atoms with Crippen LogP contribution in [0.4, 0.5) is 0 Å². The molecule has 0 aliphatic rings. The average Bonchev–Trinajstić information content (AvgIpc) is 2.81. The number of ether oxygens (including phenoxy) is 1. The molecule has 1 aromatic heterocycles. The van der Waals surface area contributed by atoms with Gasteiger partial charge in [0.05, 0.1) is 7.11 Å². The molecule has 0 saturated carbocycles. The van der Waals surface area contributed by atoms with Gasteiger partial charge in [0.15, 0.2) is 0 Å². The molecule has 2 nitrogen and oxygen atoms in total. The molecule has 3 heteroatoms. The van der Waals surface area contributed by atoms with Crippen LogP contribution in [0.1, 0.15) is 32.4 Å². The van der Waals surface area contributed by atoms with E-state index in [1.807, 2.05) is 11.3 Å². The molecule has 0 aliphatic heterocycles. The first-order valence-corrected chi connectivity index (χ1v) is 7.30. The van der Waals surface area contributed by atoms with Gasteiger partial charge < -0.3 is 10.5 Å². The molecule has 0 saturated heterocycles. The molecule has 0 amide bonds. The molecule has 1 aromatic carbocycles. The van der Waals surface area contributed by atoms with Gasteiger partial charge in [0.2, 0.25) is 0 Å². The van der Waals surface area contributed by atoms with E-state index in [9.17, 15) is 0 Å². The summed E-state index contributed by atoms with van der Waals surface area (Å²) in [7, 11) is 1.72. The summed E-state index contributed by atoms with van der Waals surface area (Å²) in [5.74, 6) is 1.15. The van der Waals surface area contributed by atoms with E-state index in [-0.39, 0.29) is 5.92 Å². The SMILES string of the molecule is COc1cc(C)c(C)cc1C(CN)c1ccc(C)s1. The lowest BCUT2D eigenvalue weighted by Gasteiger charge is -2.19. The normalized spacial score (nSPS) is 12.5. The Morgan fingerprint density at radius 1 is 1.16 bits per heavy atom. The van der Waals surface area contributed by atoms with Crippen LogP contribution in [0.3, 0.4) is 0 Å². The zero-order valence-corrected chi connectivity index (χ0v) is 12.8. The Balaban J connectivity index is 2.51. The number of benzene rings is 1. The molecule has 1 unspecified atom stereocenters. The van der Waals surface area contributed by atoms with Crippen molar-refractivity contribution in [1.82, 2.24) is 0 Å². The van der Waals surface area contributed by atoms with Gasteiger partial charge in [0.25, 0.3) is 0 Å². The average molecular weight is 275 g/mol. The van der Waals surface area contributed by atoms with E-state index < -0.39 is 0 Å². The first-order valence-electron chi connectivity index (χ1n) is 6.48. The molecule has 2 rings (SSSR count). The Kier molecular flexibility index (Phi) is 4.27. The number of aryl methyl sites for hydroxylation is 3. The summed E-state index contributed by atoms with van der Waals surface area (Å²) in [6.45, 7) is 6.96. The minimum atomic E-state index is 0.216. The maximum Gasteiger partial charge on any atom is 0.123 e. The highest BCUT2D eigenvalue weighted by atomic mass is 32.1. The van der Waals surface area contributed by atoms with Crippen molar-refractivity contribution in [2.75, 3.05) is 13.7 Å². The van der Waals surface area contributed by atoms with Crippen LogP contribution in [-0.4, -0.2) is 13.7 Å². The van der Waals surface area contributed by atoms with Gasteiger partial charge in [-0.05, 0) is 50.1 Å². The lowest BCUT2D eigenvalue weighted by atomic mass is 9.93. The van der Waals surface area contributed by atoms with Gasteiger partial charge in [-0.15, -0.1) is 11.3 Å². The van der Waals surface area contributed by atoms with Crippen LogP contribution in [0.15, 0.2) is 24.3 Å². The van der Waals surface area contributed by atoms with E-state index in [1.165, 1.54) is 26.4 Å². The van der Waals surface area contributed by atoms with Crippen molar-refractivity contribution in [1.29, 1.82) is 0 Å². The predicted molar refractivity (Wildman–Crippen MR) is 82.4 cm³/mol. The van der Waals surface area contributed by atoms with Crippen molar-refractivity contribution in [3.05, 3.63) is 50.7 Å². The fraction of sp³-hybridized carbons (Fsp3) is 0.375. The lowest BCUT2D eigenvalue weighted by molar-refractivity contribution is 0.407. The minimum absolute atomic E-state index is 0.216. The summed E-state index contributed by atoms with van der Waals surface area (Å²) < 4.78 is 5.54. The molecule has 2 N–H and O–H groups in total. The van der Waals surface area contributed by atoms with E-state index in [0.717, 1.165) is 5.75 Å². The summed E-state index contributed by atoms with van der Waals surface area (Å²) in [6.07, 6.45) is 0. The molecule has 102 valence electrons. The van der Waals surface area contributed by atoms with Crippen molar-refractivity contribution in [2.45, 2.75) is 26.7 Å². The van der Waals surface area contributed by atoms with Gasteiger partial charge in [-0.1, -0.05) is 6.07 Å². The summed E-state index contributed by atoms with van der Waals surface area (Å²) in [4.78, 5) is 2.62. The third-order valence-corrected chi connectivity index (χ3v) is 4.68. The molecule has 19 heavy (non-hydrogen) atoms. The first kappa shape index (κ1) is 14.1. The van der Waals surface area contributed by atoms with Crippen molar-refractivity contribution in [3.63, 3.8) is 0 Å². The summed E-state index contributed by atoms with van der Waals surface area (Å²) in [5.41, 5.74) is 9.73. The Bertz CT molecular complexity index is 574. The molecule has 0 fully saturated rings. The zero-order valence-electron chi connectivity index (χ0n) is 12.0. The number of methoxy groups -OCH3 is 1. The molecule has 0 radical (unpaired) electrons. The van der Waals surface area contributed by atoms with E-state index in [1.54, 1.807) is 7.11 Å². The first-order chi connectivity index (χ1) is 9.06. The molecule has 0 spiro atoms. The summed E-state index contributed by atoms with van der Waals surface area (Å²) in [5, 5.41) is 0. The fourth-order valence-corrected chi connectivity index (χ4v) is 3.31. The van der Waals surface area contributed by atoms with E-state index in [2.05, 4.69) is 45.0 Å². The maximum atomic E-state index is 6.01. The Labute approximate surface area is 119 Å². The van der Waals surface area contributed by atoms with Crippen molar-refractivity contribution < 1.29 is 4.74 Å². The largest absolute Gasteiger partial charge is 0.496 e. The van der Waals surface area contributed by atoms with Crippen LogP contribution in [0.25, 0.3) is 0 Å². The fourth-order valence-electron chi connectivity index (χ4n) is 2.30. The number of rotatable bonds is 4. The van der Waals surface area contributed by atoms with Gasteiger partial charge in [-0.2, -0.15) is 0 Å². The van der Waals surface area contributed by atoms with Crippen LogP contribution in [0.2, 0.25) is 0 Å². The molecule has 2 aromatic rings. The van der Waals surface area contributed by atoms with Crippen LogP contribution in [0.5, 0.6) is 5.75 Å². The second-order valence-electron chi connectivity index (χ2n) is 4.92. The van der Waals surface area contributed by atoms with Gasteiger partial charge >= 0.3 is 0 Å². The topological polar surface area (TPSA) is 35.2 Å². The maximum absolute atomic E-state index is 6.01. The lowest BCUT2D eigenvalue weighted by Crippen LogP contribution is -2.14. The predicted octanol–water partition coefficient (Wildman–Crippen LogP) is 3.77. The monoisotopic (exact) mass is 275 g/mol. The second kappa shape index (κ2) is 5.76. The third-order valence-electron chi connectivity index (χ3n) is 3.56. The van der Waals surface area contributed by atoms with Gasteiger partial charge in [-0.25, -0.2) is 0 Å². The highest BCUT2D eigenvalue weighted by Gasteiger charge is 2.19. The number of nitrogens with two attached hydrogens (primary N) is 1. The van der Waals surface area contributed by atoms with Gasteiger partial charge in [-0.3, -0.25) is 0 Å². The molecule has 0 aliphatic carbocycles. The molecule has 1 heterocycles. The zero-order chi connectivity index (χ0) is 14.0. The molecule has 0 bridgehead atoms. The highest BCUT2D eigenvalue weighted by Crippen LogP contribution is 2.36. The van der Waals surface area contributed by atoms with Crippen LogP contribution in [-0.2, 0) is 0 Å². The smallest absolute Gasteiger partial charge is 0.123 e. The van der Waals surface area contributed by atoms with Crippen LogP contribution >= 0.6 is 11.3 Å². The minimum Gasteiger partial charge on any atom is -0.496 e. The van der Waals surface area contributed by atoms with Crippen molar-refractivity contribution in [3.8, 4) is 5.75 Å². The Morgan fingerprint density at radius 2 is 1.84 bits per heavy atom. The number of hydrogen-bond acceptors (Lipinski definition) is 3. The van der Waals surface area contributed by atoms with Crippen LogP contribution in [0, 0.1) is 20.8 Å². The quantitative estimate of drug-likeness (QED) is 0.921. The van der Waals surface area contributed by atoms with E-state index >= 15 is 0 Å².